The smallest absolute Gasteiger partial charge is 0.318 e. The second-order valence-electron chi connectivity index (χ2n) is 4.62. The van der Waals surface area contributed by atoms with E-state index in [9.17, 15) is 4.79 Å². The topological polar surface area (TPSA) is 61.0 Å². The van der Waals surface area contributed by atoms with E-state index in [1.165, 1.54) is 12.8 Å². The molecule has 1 aromatic heterocycles. The molecule has 3 rings (SSSR count). The summed E-state index contributed by atoms with van der Waals surface area (Å²) < 4.78 is 0. The van der Waals surface area contributed by atoms with Crippen molar-refractivity contribution in [2.45, 2.75) is 44.3 Å². The summed E-state index contributed by atoms with van der Waals surface area (Å²) in [4.78, 5) is 13.8. The first kappa shape index (κ1) is 9.69. The number of urea groups is 1. The van der Waals surface area contributed by atoms with Crippen molar-refractivity contribution in [1.82, 2.24) is 20.4 Å². The maximum absolute atomic E-state index is 11.8. The number of aromatic nitrogens is 2. The second kappa shape index (κ2) is 3.81. The average molecular weight is 220 g/mol. The Morgan fingerprint density at radius 1 is 1.44 bits per heavy atom. The first-order valence-electron chi connectivity index (χ1n) is 5.90. The zero-order chi connectivity index (χ0) is 11.0. The summed E-state index contributed by atoms with van der Waals surface area (Å²) in [5, 5.41) is 9.89. The highest BCUT2D eigenvalue weighted by atomic mass is 16.2. The number of carbonyl (C=O) groups is 1. The molecule has 2 atom stereocenters. The lowest BCUT2D eigenvalue weighted by atomic mass is 9.91. The van der Waals surface area contributed by atoms with Gasteiger partial charge in [-0.15, -0.1) is 0 Å². The van der Waals surface area contributed by atoms with Crippen molar-refractivity contribution in [3.05, 3.63) is 18.0 Å². The Balaban J connectivity index is 1.75. The van der Waals surface area contributed by atoms with Crippen LogP contribution in [0.25, 0.3) is 0 Å². The lowest BCUT2D eigenvalue weighted by Gasteiger charge is -2.29. The lowest BCUT2D eigenvalue weighted by molar-refractivity contribution is 0.185. The number of carbonyl (C=O) groups excluding carboxylic acids is 1. The van der Waals surface area contributed by atoms with E-state index < -0.39 is 0 Å². The van der Waals surface area contributed by atoms with Gasteiger partial charge in [0.05, 0.1) is 24.3 Å². The summed E-state index contributed by atoms with van der Waals surface area (Å²) in [6, 6.07) is 2.74. The maximum Gasteiger partial charge on any atom is 0.318 e. The monoisotopic (exact) mass is 220 g/mol. The Morgan fingerprint density at radius 3 is 3.12 bits per heavy atom. The van der Waals surface area contributed by atoms with Crippen LogP contribution in [0, 0.1) is 0 Å². The normalized spacial score (nSPS) is 29.0. The van der Waals surface area contributed by atoms with Crippen molar-refractivity contribution in [3.63, 3.8) is 0 Å². The van der Waals surface area contributed by atoms with Crippen LogP contribution in [0.15, 0.2) is 12.3 Å². The third kappa shape index (κ3) is 1.56. The molecule has 2 heterocycles. The van der Waals surface area contributed by atoms with E-state index in [2.05, 4.69) is 15.5 Å². The van der Waals surface area contributed by atoms with Gasteiger partial charge >= 0.3 is 6.03 Å². The van der Waals surface area contributed by atoms with E-state index in [-0.39, 0.29) is 6.03 Å². The molecule has 86 valence electrons. The van der Waals surface area contributed by atoms with Crippen molar-refractivity contribution in [3.8, 4) is 0 Å². The molecule has 2 unspecified atom stereocenters. The Bertz CT molecular complexity index is 375. The van der Waals surface area contributed by atoms with Crippen LogP contribution in [0.4, 0.5) is 4.79 Å². The van der Waals surface area contributed by atoms with Gasteiger partial charge in [-0.1, -0.05) is 12.8 Å². The number of hydrogen-bond donors (Lipinski definition) is 2. The van der Waals surface area contributed by atoms with Crippen LogP contribution in [-0.4, -0.2) is 33.2 Å². The third-order valence-corrected chi connectivity index (χ3v) is 3.60. The molecule has 0 radical (unpaired) electrons. The van der Waals surface area contributed by atoms with Crippen LogP contribution >= 0.6 is 0 Å². The summed E-state index contributed by atoms with van der Waals surface area (Å²) in [5.74, 6) is 0. The summed E-state index contributed by atoms with van der Waals surface area (Å²) in [7, 11) is 0. The van der Waals surface area contributed by atoms with E-state index >= 15 is 0 Å². The minimum Gasteiger partial charge on any atom is -0.333 e. The third-order valence-electron chi connectivity index (χ3n) is 3.60. The Labute approximate surface area is 94.2 Å². The molecule has 16 heavy (non-hydrogen) atoms. The number of nitrogens with zero attached hydrogens (tertiary/aromatic N) is 2. The van der Waals surface area contributed by atoms with Gasteiger partial charge in [0.1, 0.15) is 0 Å². The van der Waals surface area contributed by atoms with Crippen molar-refractivity contribution in [1.29, 1.82) is 0 Å². The van der Waals surface area contributed by atoms with Gasteiger partial charge in [0.2, 0.25) is 0 Å². The fourth-order valence-electron chi connectivity index (χ4n) is 2.79. The lowest BCUT2D eigenvalue weighted by Crippen LogP contribution is -2.38. The minimum atomic E-state index is 0.0755. The predicted octanol–water partition coefficient (Wildman–Crippen LogP) is 1.25. The van der Waals surface area contributed by atoms with Gasteiger partial charge in [-0.25, -0.2) is 4.79 Å². The number of amides is 2. The molecule has 2 N–H and O–H groups in total. The molecule has 5 heteroatoms. The number of fused-ring (bicyclic) bond motifs is 1. The van der Waals surface area contributed by atoms with Crippen LogP contribution in [0.1, 0.15) is 31.4 Å². The largest absolute Gasteiger partial charge is 0.333 e. The van der Waals surface area contributed by atoms with Crippen LogP contribution in [-0.2, 0) is 6.54 Å². The molecule has 2 aliphatic rings. The number of aromatic amines is 1. The van der Waals surface area contributed by atoms with E-state index in [1.807, 2.05) is 11.0 Å². The highest BCUT2D eigenvalue weighted by Gasteiger charge is 2.40. The number of H-pyrrole nitrogens is 1. The molecule has 0 bridgehead atoms. The highest BCUT2D eigenvalue weighted by Crippen LogP contribution is 2.28. The van der Waals surface area contributed by atoms with Crippen molar-refractivity contribution < 1.29 is 4.79 Å². The number of nitrogens with one attached hydrogen (secondary N) is 2. The molecular weight excluding hydrogens is 204 g/mol. The summed E-state index contributed by atoms with van der Waals surface area (Å²) >= 11 is 0. The van der Waals surface area contributed by atoms with Gasteiger partial charge in [-0.3, -0.25) is 5.10 Å². The standard InChI is InChI=1S/C11H16N4O/c16-11-13-9-3-1-2-4-10(9)15(11)7-8-5-6-12-14-8/h5-6,9-10H,1-4,7H2,(H,12,14)(H,13,16). The molecule has 0 aromatic carbocycles. The first-order chi connectivity index (χ1) is 7.84. The molecular formula is C11H16N4O. The molecule has 2 fully saturated rings. The van der Waals surface area contributed by atoms with Gasteiger partial charge in [-0.2, -0.15) is 5.10 Å². The molecule has 1 aromatic rings. The fraction of sp³-hybridized carbons (Fsp3) is 0.636. The van der Waals surface area contributed by atoms with Crippen LogP contribution < -0.4 is 5.32 Å². The summed E-state index contributed by atoms with van der Waals surface area (Å²) in [5.41, 5.74) is 1.00. The van der Waals surface area contributed by atoms with Gasteiger partial charge in [0, 0.05) is 6.20 Å². The second-order valence-corrected chi connectivity index (χ2v) is 4.62. The minimum absolute atomic E-state index is 0.0755. The van der Waals surface area contributed by atoms with Gasteiger partial charge in [-0.05, 0) is 18.9 Å². The first-order valence-corrected chi connectivity index (χ1v) is 5.90. The van der Waals surface area contributed by atoms with Gasteiger partial charge < -0.3 is 10.2 Å². The van der Waals surface area contributed by atoms with E-state index in [1.54, 1.807) is 6.20 Å². The van der Waals surface area contributed by atoms with Crippen LogP contribution in [0.3, 0.4) is 0 Å². The average Bonchev–Trinajstić information content (AvgIpc) is 2.89. The van der Waals surface area contributed by atoms with Crippen LogP contribution in [0.5, 0.6) is 0 Å². The molecule has 1 saturated heterocycles. The quantitative estimate of drug-likeness (QED) is 0.788. The molecule has 5 nitrogen and oxygen atoms in total. The number of hydrogen-bond acceptors (Lipinski definition) is 2. The molecule has 1 saturated carbocycles. The van der Waals surface area contributed by atoms with Crippen molar-refractivity contribution in [2.24, 2.45) is 0 Å². The number of rotatable bonds is 2. The predicted molar refractivity (Wildman–Crippen MR) is 58.7 cm³/mol. The maximum atomic E-state index is 11.8. The summed E-state index contributed by atoms with van der Waals surface area (Å²) in [6.07, 6.45) is 6.43. The van der Waals surface area contributed by atoms with Crippen molar-refractivity contribution in [2.75, 3.05) is 0 Å². The van der Waals surface area contributed by atoms with Gasteiger partial charge in [0.25, 0.3) is 0 Å². The molecule has 0 spiro atoms. The molecule has 1 aliphatic carbocycles. The Morgan fingerprint density at radius 2 is 2.31 bits per heavy atom. The molecule has 1 aliphatic heterocycles. The van der Waals surface area contributed by atoms with E-state index in [0.717, 1.165) is 18.5 Å². The highest BCUT2D eigenvalue weighted by molar-refractivity contribution is 5.77. The van der Waals surface area contributed by atoms with Gasteiger partial charge in [0.15, 0.2) is 0 Å². The zero-order valence-electron chi connectivity index (χ0n) is 9.15. The fourth-order valence-corrected chi connectivity index (χ4v) is 2.79. The zero-order valence-corrected chi connectivity index (χ0v) is 9.15. The Kier molecular flexibility index (Phi) is 2.31. The van der Waals surface area contributed by atoms with Crippen LogP contribution in [0.2, 0.25) is 0 Å². The van der Waals surface area contributed by atoms with E-state index in [4.69, 9.17) is 0 Å². The Hall–Kier alpha value is -1.52. The molecule has 2 amide bonds. The SMILES string of the molecule is O=C1NC2CCCCC2N1Cc1ccn[nH]1. The van der Waals surface area contributed by atoms with Crippen molar-refractivity contribution >= 4 is 6.03 Å². The van der Waals surface area contributed by atoms with E-state index in [0.29, 0.717) is 18.6 Å². The summed E-state index contributed by atoms with van der Waals surface area (Å²) in [6.45, 7) is 0.646.